The highest BCUT2D eigenvalue weighted by Gasteiger charge is 2.36. The Hall–Kier alpha value is -2.54. The number of nitrogens with zero attached hydrogens (tertiary/aromatic N) is 4. The fraction of sp³-hybridized carbons (Fsp3) is 0.389. The third-order valence-corrected chi connectivity index (χ3v) is 4.93. The topological polar surface area (TPSA) is 89.3 Å². The van der Waals surface area contributed by atoms with Gasteiger partial charge in [0.15, 0.2) is 17.3 Å². The van der Waals surface area contributed by atoms with E-state index in [1.807, 2.05) is 13.8 Å². The van der Waals surface area contributed by atoms with Gasteiger partial charge in [-0.1, -0.05) is 12.1 Å². The molecule has 1 fully saturated rings. The van der Waals surface area contributed by atoms with E-state index >= 15 is 0 Å². The monoisotopic (exact) mass is 341 g/mol. The Morgan fingerprint density at radius 1 is 1.36 bits per heavy atom. The summed E-state index contributed by atoms with van der Waals surface area (Å²) >= 11 is 0. The third-order valence-electron chi connectivity index (χ3n) is 4.93. The van der Waals surface area contributed by atoms with E-state index in [0.29, 0.717) is 29.1 Å². The average Bonchev–Trinajstić information content (AvgIpc) is 3.15. The van der Waals surface area contributed by atoms with Crippen molar-refractivity contribution in [2.24, 2.45) is 0 Å². The number of benzene rings is 1. The summed E-state index contributed by atoms with van der Waals surface area (Å²) in [7, 11) is 0. The number of rotatable bonds is 2. The van der Waals surface area contributed by atoms with Crippen LogP contribution in [-0.2, 0) is 0 Å². The van der Waals surface area contributed by atoms with Gasteiger partial charge in [0.2, 0.25) is 0 Å². The second-order valence-corrected chi connectivity index (χ2v) is 7.08. The van der Waals surface area contributed by atoms with Crippen molar-refractivity contribution in [3.05, 3.63) is 41.6 Å². The Kier molecular flexibility index (Phi) is 3.50. The summed E-state index contributed by atoms with van der Waals surface area (Å²) in [6.45, 7) is 3.70. The predicted molar refractivity (Wildman–Crippen MR) is 92.5 cm³/mol. The zero-order valence-corrected chi connectivity index (χ0v) is 14.2. The molecule has 2 aromatic heterocycles. The minimum Gasteiger partial charge on any atom is -0.390 e. The van der Waals surface area contributed by atoms with Gasteiger partial charge in [0.25, 0.3) is 0 Å². The van der Waals surface area contributed by atoms with Crippen LogP contribution in [0.1, 0.15) is 43.6 Å². The van der Waals surface area contributed by atoms with Crippen LogP contribution >= 0.6 is 0 Å². The van der Waals surface area contributed by atoms with E-state index in [1.165, 1.54) is 12.1 Å². The minimum atomic E-state index is -0.673. The van der Waals surface area contributed by atoms with Gasteiger partial charge in [0, 0.05) is 11.5 Å². The normalized spacial score (nSPS) is 23.4. The maximum absolute atomic E-state index is 13.6. The number of nitrogens with two attached hydrogens (primary N) is 1. The molecular weight excluding hydrogens is 321 g/mol. The van der Waals surface area contributed by atoms with E-state index in [2.05, 4.69) is 15.1 Å². The predicted octanol–water partition coefficient (Wildman–Crippen LogP) is 2.84. The lowest BCUT2D eigenvalue weighted by Gasteiger charge is -2.14. The van der Waals surface area contributed by atoms with Gasteiger partial charge in [-0.3, -0.25) is 0 Å². The summed E-state index contributed by atoms with van der Waals surface area (Å²) in [6, 6.07) is 6.24. The summed E-state index contributed by atoms with van der Waals surface area (Å²) in [6.07, 6.45) is 2.20. The molecule has 3 aromatic rings. The molecule has 1 aliphatic rings. The molecule has 4 rings (SSSR count). The van der Waals surface area contributed by atoms with Crippen LogP contribution in [0, 0.1) is 12.7 Å². The van der Waals surface area contributed by atoms with E-state index in [9.17, 15) is 9.50 Å². The Bertz CT molecular complexity index is 965. The van der Waals surface area contributed by atoms with Gasteiger partial charge in [0.1, 0.15) is 5.82 Å². The second kappa shape index (κ2) is 5.49. The number of aromatic nitrogens is 4. The van der Waals surface area contributed by atoms with Gasteiger partial charge in [-0.2, -0.15) is 5.10 Å². The van der Waals surface area contributed by atoms with Crippen molar-refractivity contribution < 1.29 is 9.50 Å². The third kappa shape index (κ3) is 2.74. The molecule has 6 nitrogen and oxygen atoms in total. The maximum atomic E-state index is 13.6. The summed E-state index contributed by atoms with van der Waals surface area (Å²) in [5, 5.41) is 14.8. The minimum absolute atomic E-state index is 0.103. The van der Waals surface area contributed by atoms with Gasteiger partial charge in [-0.15, -0.1) is 0 Å². The number of aliphatic hydroxyl groups is 1. The van der Waals surface area contributed by atoms with E-state index in [4.69, 9.17) is 5.73 Å². The molecule has 0 bridgehead atoms. The number of aryl methyl sites for hydroxylation is 1. The van der Waals surface area contributed by atoms with Crippen LogP contribution in [0.2, 0.25) is 0 Å². The van der Waals surface area contributed by atoms with Crippen molar-refractivity contribution in [1.29, 1.82) is 0 Å². The molecule has 2 atom stereocenters. The van der Waals surface area contributed by atoms with Crippen LogP contribution in [0.4, 0.5) is 10.2 Å². The molecule has 0 radical (unpaired) electrons. The molecule has 3 N–H and O–H groups in total. The molecule has 0 unspecified atom stereocenters. The highest BCUT2D eigenvalue weighted by Crippen LogP contribution is 2.39. The molecule has 0 spiro atoms. The molecule has 2 heterocycles. The zero-order chi connectivity index (χ0) is 17.8. The van der Waals surface area contributed by atoms with Gasteiger partial charge >= 0.3 is 0 Å². The molecule has 1 aliphatic carbocycles. The number of hydrogen-bond acceptors (Lipinski definition) is 5. The smallest absolute Gasteiger partial charge is 0.198 e. The number of halogens is 1. The summed E-state index contributed by atoms with van der Waals surface area (Å²) < 4.78 is 15.2. The van der Waals surface area contributed by atoms with Gasteiger partial charge in [-0.25, -0.2) is 18.9 Å². The highest BCUT2D eigenvalue weighted by atomic mass is 19.1. The van der Waals surface area contributed by atoms with Crippen molar-refractivity contribution >= 4 is 11.5 Å². The first-order chi connectivity index (χ1) is 11.8. The van der Waals surface area contributed by atoms with Crippen molar-refractivity contribution in [3.63, 3.8) is 0 Å². The molecule has 0 amide bonds. The van der Waals surface area contributed by atoms with Crippen LogP contribution < -0.4 is 5.73 Å². The average molecular weight is 341 g/mol. The zero-order valence-electron chi connectivity index (χ0n) is 14.2. The SMILES string of the molecule is Cc1c(-c2cccc(F)c2)nc(N)c2nc([C@@H]3CC[C@](C)(O)C3)nn12. The first kappa shape index (κ1) is 16.0. The van der Waals surface area contributed by atoms with Crippen molar-refractivity contribution in [1.82, 2.24) is 19.6 Å². The van der Waals surface area contributed by atoms with Crippen LogP contribution in [0.15, 0.2) is 24.3 Å². The van der Waals surface area contributed by atoms with Gasteiger partial charge in [0.05, 0.1) is 17.0 Å². The first-order valence-electron chi connectivity index (χ1n) is 8.35. The fourth-order valence-electron chi connectivity index (χ4n) is 3.60. The van der Waals surface area contributed by atoms with Crippen molar-refractivity contribution in [2.75, 3.05) is 5.73 Å². The summed E-state index contributed by atoms with van der Waals surface area (Å²) in [5.74, 6) is 0.704. The van der Waals surface area contributed by atoms with Crippen molar-refractivity contribution in [2.45, 2.75) is 44.6 Å². The van der Waals surface area contributed by atoms with Crippen LogP contribution in [0.5, 0.6) is 0 Å². The first-order valence-corrected chi connectivity index (χ1v) is 8.35. The van der Waals surface area contributed by atoms with Crippen LogP contribution in [0.25, 0.3) is 16.9 Å². The molecule has 0 saturated heterocycles. The lowest BCUT2D eigenvalue weighted by atomic mass is 10.0. The fourth-order valence-corrected chi connectivity index (χ4v) is 3.60. The van der Waals surface area contributed by atoms with Crippen molar-refractivity contribution in [3.8, 4) is 11.3 Å². The lowest BCUT2D eigenvalue weighted by Crippen LogP contribution is -2.18. The Morgan fingerprint density at radius 2 is 2.16 bits per heavy atom. The van der Waals surface area contributed by atoms with Gasteiger partial charge in [-0.05, 0) is 45.2 Å². The highest BCUT2D eigenvalue weighted by molar-refractivity contribution is 5.69. The number of fused-ring (bicyclic) bond motifs is 1. The lowest BCUT2D eigenvalue weighted by molar-refractivity contribution is 0.0662. The second-order valence-electron chi connectivity index (χ2n) is 7.08. The van der Waals surface area contributed by atoms with Crippen LogP contribution in [-0.4, -0.2) is 30.3 Å². The quantitative estimate of drug-likeness (QED) is 0.748. The molecule has 130 valence electrons. The molecule has 1 aromatic carbocycles. The molecule has 1 saturated carbocycles. The van der Waals surface area contributed by atoms with Gasteiger partial charge < -0.3 is 10.8 Å². The molecule has 7 heteroatoms. The maximum Gasteiger partial charge on any atom is 0.198 e. The molecule has 0 aliphatic heterocycles. The Labute approximate surface area is 144 Å². The summed E-state index contributed by atoms with van der Waals surface area (Å²) in [5.41, 5.74) is 7.89. The summed E-state index contributed by atoms with van der Waals surface area (Å²) in [4.78, 5) is 8.97. The molecular formula is C18H20FN5O. The largest absolute Gasteiger partial charge is 0.390 e. The Morgan fingerprint density at radius 3 is 2.84 bits per heavy atom. The van der Waals surface area contributed by atoms with Crippen LogP contribution in [0.3, 0.4) is 0 Å². The number of hydrogen-bond donors (Lipinski definition) is 2. The number of nitrogen functional groups attached to an aromatic ring is 1. The Balaban J connectivity index is 1.83. The van der Waals surface area contributed by atoms with E-state index in [1.54, 1.807) is 16.6 Å². The van der Waals surface area contributed by atoms with E-state index in [-0.39, 0.29) is 17.6 Å². The number of anilines is 1. The van der Waals surface area contributed by atoms with E-state index < -0.39 is 5.60 Å². The standard InChI is InChI=1S/C18H20FN5O/c1-10-14(11-4-3-5-13(19)8-11)21-15(20)17-22-16(23-24(10)17)12-6-7-18(2,25)9-12/h3-5,8,12,25H,6-7,9H2,1-2H3,(H2,20,21)/t12-,18+/m1/s1. The molecule has 25 heavy (non-hydrogen) atoms. The van der Waals surface area contributed by atoms with E-state index in [0.717, 1.165) is 18.5 Å².